The van der Waals surface area contributed by atoms with Crippen molar-refractivity contribution in [1.29, 1.82) is 0 Å². The molecule has 0 rings (SSSR count). The molecule has 1 atom stereocenters. The van der Waals surface area contributed by atoms with Gasteiger partial charge in [-0.25, -0.2) is 0 Å². The first-order valence-corrected chi connectivity index (χ1v) is 3.69. The lowest BCUT2D eigenvalue weighted by molar-refractivity contribution is 0.0621. The summed E-state index contributed by atoms with van der Waals surface area (Å²) >= 11 is 1.94. The fourth-order valence-corrected chi connectivity index (χ4v) is 0.463. The predicted octanol–water partition coefficient (Wildman–Crippen LogP) is 0.780. The van der Waals surface area contributed by atoms with Gasteiger partial charge in [-0.2, -0.15) is 0 Å². The van der Waals surface area contributed by atoms with Crippen LogP contribution in [-0.2, 0) is 4.74 Å². The summed E-state index contributed by atoms with van der Waals surface area (Å²) in [4.78, 5) is 0. The monoisotopic (exact) mass is 240 g/mol. The van der Waals surface area contributed by atoms with Crippen molar-refractivity contribution >= 4 is 22.6 Å². The molecule has 0 fully saturated rings. The zero-order valence-corrected chi connectivity index (χ0v) is 7.38. The fraction of sp³-hybridized carbons (Fsp3) is 0.667. The van der Waals surface area contributed by atoms with E-state index in [9.17, 15) is 0 Å². The summed E-state index contributed by atoms with van der Waals surface area (Å²) in [6, 6.07) is 0. The average Bonchev–Trinajstić information content (AvgIpc) is 1.80. The van der Waals surface area contributed by atoms with Crippen LogP contribution in [0.4, 0.5) is 0 Å². The molecule has 0 heterocycles. The van der Waals surface area contributed by atoms with E-state index in [-0.39, 0.29) is 6.10 Å². The van der Waals surface area contributed by atoms with E-state index in [1.807, 2.05) is 22.6 Å². The van der Waals surface area contributed by atoms with Gasteiger partial charge in [0, 0.05) is 22.6 Å². The highest BCUT2D eigenvalue weighted by Gasteiger charge is 1.91. The van der Waals surface area contributed by atoms with Gasteiger partial charge in [-0.05, 0) is 10.9 Å². The molecule has 52 valence electrons. The number of halogens is 1. The zero-order valence-electron chi connectivity index (χ0n) is 5.22. The first kappa shape index (κ1) is 9.21. The summed E-state index contributed by atoms with van der Waals surface area (Å²) in [5, 5.41) is 8.68. The standard InChI is InChI=1S/C6H9IO2/c1-6(8)5-9-4-2-3-7/h6,8H,4-5H2,1H3. The fourth-order valence-electron chi connectivity index (χ4n) is 0.308. The number of aliphatic hydroxyl groups excluding tert-OH is 1. The number of rotatable bonds is 3. The van der Waals surface area contributed by atoms with Crippen LogP contribution in [0.15, 0.2) is 0 Å². The highest BCUT2D eigenvalue weighted by Crippen LogP contribution is 1.81. The first-order chi connectivity index (χ1) is 4.27. The molecule has 0 aromatic heterocycles. The quantitative estimate of drug-likeness (QED) is 0.448. The Balaban J connectivity index is 2.98. The van der Waals surface area contributed by atoms with Crippen molar-refractivity contribution in [2.75, 3.05) is 13.2 Å². The van der Waals surface area contributed by atoms with Crippen molar-refractivity contribution in [3.05, 3.63) is 0 Å². The molecule has 0 aliphatic carbocycles. The third-order valence-corrected chi connectivity index (χ3v) is 0.981. The normalized spacial score (nSPS) is 11.9. The molecular weight excluding hydrogens is 231 g/mol. The topological polar surface area (TPSA) is 29.5 Å². The maximum atomic E-state index is 8.68. The molecule has 0 aliphatic heterocycles. The second kappa shape index (κ2) is 6.33. The molecule has 1 unspecified atom stereocenters. The third-order valence-electron chi connectivity index (χ3n) is 0.600. The molecule has 0 saturated heterocycles. The molecule has 0 saturated carbocycles. The smallest absolute Gasteiger partial charge is 0.108 e. The minimum atomic E-state index is -0.388. The van der Waals surface area contributed by atoms with Gasteiger partial charge in [0.2, 0.25) is 0 Å². The minimum absolute atomic E-state index is 0.366. The van der Waals surface area contributed by atoms with Crippen LogP contribution in [0.3, 0.4) is 0 Å². The lowest BCUT2D eigenvalue weighted by Crippen LogP contribution is -2.10. The van der Waals surface area contributed by atoms with E-state index in [4.69, 9.17) is 9.84 Å². The van der Waals surface area contributed by atoms with Crippen LogP contribution in [-0.4, -0.2) is 24.4 Å². The minimum Gasteiger partial charge on any atom is -0.391 e. The van der Waals surface area contributed by atoms with Crippen LogP contribution in [0.1, 0.15) is 6.92 Å². The SMILES string of the molecule is CC(O)COCC#CI. The van der Waals surface area contributed by atoms with Gasteiger partial charge in [0.15, 0.2) is 0 Å². The number of aliphatic hydroxyl groups is 1. The Hall–Kier alpha value is 0.210. The highest BCUT2D eigenvalue weighted by atomic mass is 127. The van der Waals surface area contributed by atoms with E-state index >= 15 is 0 Å². The molecule has 1 N–H and O–H groups in total. The molecule has 3 heteroatoms. The molecule has 0 aromatic carbocycles. The molecule has 0 amide bonds. The van der Waals surface area contributed by atoms with E-state index in [0.717, 1.165) is 0 Å². The second-order valence-electron chi connectivity index (χ2n) is 1.64. The summed E-state index contributed by atoms with van der Waals surface area (Å²) in [7, 11) is 0. The van der Waals surface area contributed by atoms with Crippen molar-refractivity contribution in [3.63, 3.8) is 0 Å². The van der Waals surface area contributed by atoms with E-state index in [2.05, 4.69) is 9.85 Å². The van der Waals surface area contributed by atoms with Crippen molar-refractivity contribution in [2.24, 2.45) is 0 Å². The zero-order chi connectivity index (χ0) is 7.11. The summed E-state index contributed by atoms with van der Waals surface area (Å²) in [6.45, 7) is 2.46. The third kappa shape index (κ3) is 8.21. The van der Waals surface area contributed by atoms with E-state index in [1.54, 1.807) is 6.92 Å². The first-order valence-electron chi connectivity index (χ1n) is 2.61. The Labute approximate surface area is 68.7 Å². The van der Waals surface area contributed by atoms with Crippen LogP contribution in [0.25, 0.3) is 0 Å². The molecule has 9 heavy (non-hydrogen) atoms. The lowest BCUT2D eigenvalue weighted by Gasteiger charge is -2.00. The van der Waals surface area contributed by atoms with Gasteiger partial charge in [-0.1, -0.05) is 5.92 Å². The number of hydrogen-bond acceptors (Lipinski definition) is 2. The summed E-state index contributed by atoms with van der Waals surface area (Å²) in [5.41, 5.74) is 0. The van der Waals surface area contributed by atoms with Crippen LogP contribution in [0, 0.1) is 9.85 Å². The number of ether oxygens (including phenoxy) is 1. The Morgan fingerprint density at radius 2 is 2.44 bits per heavy atom. The summed E-state index contributed by atoms with van der Waals surface area (Å²) < 4.78 is 7.56. The van der Waals surface area contributed by atoms with Gasteiger partial charge in [0.05, 0.1) is 12.7 Å². The molecule has 0 radical (unpaired) electrons. The second-order valence-corrected chi connectivity index (χ2v) is 2.17. The lowest BCUT2D eigenvalue weighted by atomic mass is 10.4. The van der Waals surface area contributed by atoms with E-state index < -0.39 is 0 Å². The van der Waals surface area contributed by atoms with Gasteiger partial charge in [-0.15, -0.1) is 0 Å². The van der Waals surface area contributed by atoms with E-state index in [1.165, 1.54) is 0 Å². The van der Waals surface area contributed by atoms with Gasteiger partial charge in [0.1, 0.15) is 6.61 Å². The van der Waals surface area contributed by atoms with Gasteiger partial charge in [0.25, 0.3) is 0 Å². The summed E-state index contributed by atoms with van der Waals surface area (Å²) in [6.07, 6.45) is -0.388. The number of hydrogen-bond donors (Lipinski definition) is 1. The molecule has 0 spiro atoms. The van der Waals surface area contributed by atoms with Crippen LogP contribution >= 0.6 is 22.6 Å². The molecule has 0 aromatic rings. The van der Waals surface area contributed by atoms with Gasteiger partial charge < -0.3 is 9.84 Å². The van der Waals surface area contributed by atoms with Crippen molar-refractivity contribution in [1.82, 2.24) is 0 Å². The molecule has 2 nitrogen and oxygen atoms in total. The van der Waals surface area contributed by atoms with E-state index in [0.29, 0.717) is 13.2 Å². The van der Waals surface area contributed by atoms with Crippen molar-refractivity contribution in [3.8, 4) is 9.85 Å². The van der Waals surface area contributed by atoms with Crippen LogP contribution < -0.4 is 0 Å². The van der Waals surface area contributed by atoms with Crippen LogP contribution in [0.2, 0.25) is 0 Å². The highest BCUT2D eigenvalue weighted by molar-refractivity contribution is 14.1. The Morgan fingerprint density at radius 3 is 2.89 bits per heavy atom. The maximum absolute atomic E-state index is 8.68. The molecule has 0 bridgehead atoms. The molecule has 0 aliphatic rings. The Kier molecular flexibility index (Phi) is 6.48. The maximum Gasteiger partial charge on any atom is 0.108 e. The Bertz CT molecular complexity index is 112. The predicted molar refractivity (Wildman–Crippen MR) is 44.3 cm³/mol. The van der Waals surface area contributed by atoms with Crippen molar-refractivity contribution in [2.45, 2.75) is 13.0 Å². The van der Waals surface area contributed by atoms with Crippen molar-refractivity contribution < 1.29 is 9.84 Å². The Morgan fingerprint density at radius 1 is 1.78 bits per heavy atom. The van der Waals surface area contributed by atoms with Gasteiger partial charge in [-0.3, -0.25) is 0 Å². The van der Waals surface area contributed by atoms with Gasteiger partial charge >= 0.3 is 0 Å². The largest absolute Gasteiger partial charge is 0.391 e. The van der Waals surface area contributed by atoms with Crippen LogP contribution in [0.5, 0.6) is 0 Å². The molecular formula is C6H9IO2. The average molecular weight is 240 g/mol. The summed E-state index contributed by atoms with van der Waals surface area (Å²) in [5.74, 6) is 2.71.